The van der Waals surface area contributed by atoms with Gasteiger partial charge in [-0.25, -0.2) is 0 Å². The third-order valence-electron chi connectivity index (χ3n) is 3.49. The van der Waals surface area contributed by atoms with Crippen molar-refractivity contribution < 1.29 is 9.84 Å². The van der Waals surface area contributed by atoms with Gasteiger partial charge in [0.05, 0.1) is 0 Å². The van der Waals surface area contributed by atoms with Crippen LogP contribution in [0.25, 0.3) is 0 Å². The molecule has 4 heteroatoms. The quantitative estimate of drug-likeness (QED) is 0.895. The van der Waals surface area contributed by atoms with Crippen LogP contribution in [0.2, 0.25) is 0 Å². The van der Waals surface area contributed by atoms with Gasteiger partial charge in [-0.05, 0) is 50.6 Å². The predicted molar refractivity (Wildman–Crippen MR) is 75.7 cm³/mol. The van der Waals surface area contributed by atoms with Crippen molar-refractivity contribution in [3.8, 4) is 5.75 Å². The number of aliphatic hydroxyl groups excluding tert-OH is 1. The first-order chi connectivity index (χ1) is 8.06. The molecule has 1 heterocycles. The fourth-order valence-corrected chi connectivity index (χ4v) is 2.17. The van der Waals surface area contributed by atoms with Gasteiger partial charge in [0.15, 0.2) is 0 Å². The number of ether oxygens (including phenoxy) is 1. The Hall–Kier alpha value is -0.770. The molecule has 0 aromatic heterocycles. The fourth-order valence-electron chi connectivity index (χ4n) is 2.17. The Balaban J connectivity index is 0.00000162. The van der Waals surface area contributed by atoms with Crippen LogP contribution in [0.3, 0.4) is 0 Å². The molecule has 2 atom stereocenters. The summed E-state index contributed by atoms with van der Waals surface area (Å²) in [6.07, 6.45) is 0.411. The van der Waals surface area contributed by atoms with Crippen LogP contribution in [0.1, 0.15) is 17.5 Å². The zero-order valence-electron chi connectivity index (χ0n) is 11.2. The summed E-state index contributed by atoms with van der Waals surface area (Å²) in [5, 5.41) is 9.96. The zero-order valence-corrected chi connectivity index (χ0v) is 12.0. The van der Waals surface area contributed by atoms with Crippen LogP contribution < -0.4 is 4.74 Å². The monoisotopic (exact) mass is 271 g/mol. The van der Waals surface area contributed by atoms with Crippen molar-refractivity contribution in [1.29, 1.82) is 0 Å². The van der Waals surface area contributed by atoms with E-state index in [1.54, 1.807) is 0 Å². The van der Waals surface area contributed by atoms with Gasteiger partial charge in [0, 0.05) is 13.1 Å². The Labute approximate surface area is 115 Å². The number of likely N-dealkylation sites (tertiary alicyclic amines) is 1. The lowest BCUT2D eigenvalue weighted by atomic mass is 10.1. The highest BCUT2D eigenvalue weighted by molar-refractivity contribution is 5.85. The molecular weight excluding hydrogens is 250 g/mol. The average molecular weight is 272 g/mol. The Morgan fingerprint density at radius 2 is 2.00 bits per heavy atom. The summed E-state index contributed by atoms with van der Waals surface area (Å²) >= 11 is 0. The number of hydrogen-bond donors (Lipinski definition) is 1. The van der Waals surface area contributed by atoms with Crippen molar-refractivity contribution in [3.63, 3.8) is 0 Å². The molecule has 1 aromatic rings. The van der Waals surface area contributed by atoms with E-state index < -0.39 is 6.10 Å². The van der Waals surface area contributed by atoms with Crippen LogP contribution in [0.15, 0.2) is 18.2 Å². The van der Waals surface area contributed by atoms with E-state index in [1.165, 1.54) is 11.1 Å². The lowest BCUT2D eigenvalue weighted by Crippen LogP contribution is -2.47. The summed E-state index contributed by atoms with van der Waals surface area (Å²) in [4.78, 5) is 2.13. The first-order valence-electron chi connectivity index (χ1n) is 6.17. The number of hydrogen-bond acceptors (Lipinski definition) is 3. The fraction of sp³-hybridized carbons (Fsp3) is 0.571. The highest BCUT2D eigenvalue weighted by Crippen LogP contribution is 2.21. The maximum absolute atomic E-state index is 9.96. The maximum Gasteiger partial charge on any atom is 0.127 e. The molecule has 1 saturated heterocycles. The zero-order chi connectivity index (χ0) is 12.4. The largest absolute Gasteiger partial charge is 0.488 e. The molecule has 3 nitrogen and oxygen atoms in total. The summed E-state index contributed by atoms with van der Waals surface area (Å²) in [6.45, 7) is 5.83. The molecule has 0 amide bonds. The second-order valence-electron chi connectivity index (χ2n) is 5.02. The molecule has 0 spiro atoms. The van der Waals surface area contributed by atoms with Gasteiger partial charge in [-0.15, -0.1) is 12.4 Å². The van der Waals surface area contributed by atoms with E-state index in [-0.39, 0.29) is 18.5 Å². The van der Waals surface area contributed by atoms with E-state index in [0.717, 1.165) is 18.7 Å². The minimum atomic E-state index is -0.393. The molecule has 1 N–H and O–H groups in total. The number of rotatable bonds is 2. The van der Waals surface area contributed by atoms with Crippen molar-refractivity contribution in [2.24, 2.45) is 0 Å². The number of halogens is 1. The highest BCUT2D eigenvalue weighted by Gasteiger charge is 2.27. The molecule has 1 fully saturated rings. The summed E-state index contributed by atoms with van der Waals surface area (Å²) in [5.74, 6) is 0.863. The van der Waals surface area contributed by atoms with Gasteiger partial charge in [-0.2, -0.15) is 0 Å². The third kappa shape index (κ3) is 3.61. The Bertz CT molecular complexity index is 397. The molecule has 0 unspecified atom stereocenters. The van der Waals surface area contributed by atoms with Crippen molar-refractivity contribution in [3.05, 3.63) is 29.3 Å². The molecule has 0 bridgehead atoms. The summed E-state index contributed by atoms with van der Waals surface area (Å²) in [6, 6.07) is 6.08. The number of likely N-dealkylation sites (N-methyl/N-ethyl adjacent to an activating group) is 1. The lowest BCUT2D eigenvalue weighted by molar-refractivity contribution is -0.0182. The van der Waals surface area contributed by atoms with Crippen molar-refractivity contribution >= 4 is 12.4 Å². The summed E-state index contributed by atoms with van der Waals surface area (Å²) in [5.41, 5.74) is 2.49. The Morgan fingerprint density at radius 3 is 2.61 bits per heavy atom. The average Bonchev–Trinajstić information content (AvgIpc) is 2.27. The van der Waals surface area contributed by atoms with E-state index in [4.69, 9.17) is 4.74 Å². The van der Waals surface area contributed by atoms with E-state index in [1.807, 2.05) is 19.2 Å². The van der Waals surface area contributed by atoms with Crippen LogP contribution in [0.5, 0.6) is 5.75 Å². The minimum absolute atomic E-state index is 0. The van der Waals surface area contributed by atoms with Crippen LogP contribution in [0.4, 0.5) is 0 Å². The van der Waals surface area contributed by atoms with Crippen LogP contribution in [-0.2, 0) is 0 Å². The van der Waals surface area contributed by atoms with Crippen molar-refractivity contribution in [2.45, 2.75) is 32.5 Å². The topological polar surface area (TPSA) is 32.7 Å². The number of β-amino-alcohol motifs (C(OH)–C–C–N with tert-alkyl or cyclic N) is 1. The van der Waals surface area contributed by atoms with E-state index in [2.05, 4.69) is 24.8 Å². The molecule has 18 heavy (non-hydrogen) atoms. The molecule has 0 saturated carbocycles. The van der Waals surface area contributed by atoms with Crippen LogP contribution in [-0.4, -0.2) is 42.4 Å². The molecule has 1 aliphatic rings. The van der Waals surface area contributed by atoms with Crippen molar-refractivity contribution in [1.82, 2.24) is 4.90 Å². The minimum Gasteiger partial charge on any atom is -0.488 e. The molecule has 0 radical (unpaired) electrons. The number of benzene rings is 1. The standard InChI is InChI=1S/C14H21NO2.ClH/c1-10-4-5-12(8-11(10)2)17-14-6-7-15(3)9-13(14)16;/h4-5,8,13-14,16H,6-7,9H2,1-3H3;1H/t13-,14-;/m0./s1. The molecule has 102 valence electrons. The Kier molecular flexibility index (Phi) is 5.45. The van der Waals surface area contributed by atoms with Gasteiger partial charge >= 0.3 is 0 Å². The summed E-state index contributed by atoms with van der Waals surface area (Å²) < 4.78 is 5.88. The highest BCUT2D eigenvalue weighted by atomic mass is 35.5. The van der Waals surface area contributed by atoms with Gasteiger partial charge in [-0.3, -0.25) is 0 Å². The molecular formula is C14H22ClNO2. The van der Waals surface area contributed by atoms with Crippen LogP contribution >= 0.6 is 12.4 Å². The van der Waals surface area contributed by atoms with Gasteiger partial charge < -0.3 is 14.7 Å². The van der Waals surface area contributed by atoms with Crippen LogP contribution in [0, 0.1) is 13.8 Å². The van der Waals surface area contributed by atoms with Gasteiger partial charge in [0.1, 0.15) is 18.0 Å². The SMILES string of the molecule is Cc1ccc(O[C@H]2CCN(C)C[C@@H]2O)cc1C.Cl. The number of aryl methyl sites for hydroxylation is 2. The third-order valence-corrected chi connectivity index (χ3v) is 3.49. The number of nitrogens with zero attached hydrogens (tertiary/aromatic N) is 1. The first kappa shape index (κ1) is 15.3. The maximum atomic E-state index is 9.96. The summed E-state index contributed by atoms with van der Waals surface area (Å²) in [7, 11) is 2.02. The predicted octanol–water partition coefficient (Wildman–Crippen LogP) is 2.17. The molecule has 2 rings (SSSR count). The van der Waals surface area contributed by atoms with Gasteiger partial charge in [0.25, 0.3) is 0 Å². The number of aliphatic hydroxyl groups is 1. The smallest absolute Gasteiger partial charge is 0.127 e. The second-order valence-corrected chi connectivity index (χ2v) is 5.02. The Morgan fingerprint density at radius 1 is 1.28 bits per heavy atom. The van der Waals surface area contributed by atoms with Gasteiger partial charge in [0.2, 0.25) is 0 Å². The second kappa shape index (κ2) is 6.41. The van der Waals surface area contributed by atoms with Gasteiger partial charge in [-0.1, -0.05) is 6.07 Å². The molecule has 0 aliphatic carbocycles. The van der Waals surface area contributed by atoms with Crippen molar-refractivity contribution in [2.75, 3.05) is 20.1 Å². The van der Waals surface area contributed by atoms with E-state index in [9.17, 15) is 5.11 Å². The first-order valence-corrected chi connectivity index (χ1v) is 6.17. The lowest BCUT2D eigenvalue weighted by Gasteiger charge is -2.33. The molecule has 1 aromatic carbocycles. The normalized spacial score (nSPS) is 24.4. The molecule has 1 aliphatic heterocycles. The number of piperidine rings is 1. The van der Waals surface area contributed by atoms with E-state index >= 15 is 0 Å². The van der Waals surface area contributed by atoms with E-state index in [0.29, 0.717) is 6.54 Å².